The molecule has 184 valence electrons. The highest BCUT2D eigenvalue weighted by Crippen LogP contribution is 2.48. The van der Waals surface area contributed by atoms with E-state index in [-0.39, 0.29) is 52.1 Å². The maximum atomic E-state index is 13.1. The molecule has 1 aliphatic heterocycles. The second kappa shape index (κ2) is 8.96. The fourth-order valence-corrected chi connectivity index (χ4v) is 4.40. The molecule has 0 spiro atoms. The highest BCUT2D eigenvalue weighted by molar-refractivity contribution is 5.93. The summed E-state index contributed by atoms with van der Waals surface area (Å²) >= 11 is 0. The van der Waals surface area contributed by atoms with Gasteiger partial charge < -0.3 is 29.2 Å². The molecule has 1 aromatic heterocycles. The van der Waals surface area contributed by atoms with Gasteiger partial charge in [0.05, 0.1) is 13.0 Å². The van der Waals surface area contributed by atoms with Gasteiger partial charge in [-0.3, -0.25) is 9.59 Å². The zero-order valence-electron chi connectivity index (χ0n) is 19.6. The van der Waals surface area contributed by atoms with E-state index in [9.17, 15) is 24.9 Å². The molecular formula is C28H24O8. The molecule has 1 atom stereocenters. The third-order valence-electron chi connectivity index (χ3n) is 6.05. The molecule has 0 unspecified atom stereocenters. The van der Waals surface area contributed by atoms with Crippen LogP contribution in [0.15, 0.2) is 63.8 Å². The van der Waals surface area contributed by atoms with E-state index < -0.39 is 17.3 Å². The summed E-state index contributed by atoms with van der Waals surface area (Å²) in [6, 6.07) is 13.8. The fraction of sp³-hybridized carbons (Fsp3) is 0.214. The van der Waals surface area contributed by atoms with Gasteiger partial charge in [0.15, 0.2) is 16.9 Å². The maximum absolute atomic E-state index is 13.1. The number of carbonyl (C=O) groups excluding carboxylic acids is 1. The summed E-state index contributed by atoms with van der Waals surface area (Å²) in [5.74, 6) is -1.06. The average molecular weight is 488 g/mol. The van der Waals surface area contributed by atoms with Gasteiger partial charge in [0.2, 0.25) is 0 Å². The topological polar surface area (TPSA) is 126 Å². The zero-order valence-corrected chi connectivity index (χ0v) is 19.6. The molecule has 0 amide bonds. The maximum Gasteiger partial charge on any atom is 0.312 e. The summed E-state index contributed by atoms with van der Waals surface area (Å²) in [6.07, 6.45) is -0.0249. The Kier molecular flexibility index (Phi) is 5.80. The van der Waals surface area contributed by atoms with E-state index in [1.54, 1.807) is 0 Å². The smallest absolute Gasteiger partial charge is 0.312 e. The summed E-state index contributed by atoms with van der Waals surface area (Å²) in [7, 11) is 0. The summed E-state index contributed by atoms with van der Waals surface area (Å²) in [5.41, 5.74) is 1.05. The number of phenolic OH excluding ortho intramolecular Hbond substituents is 3. The molecule has 0 radical (unpaired) electrons. The fourth-order valence-electron chi connectivity index (χ4n) is 4.40. The van der Waals surface area contributed by atoms with E-state index >= 15 is 0 Å². The first-order valence-electron chi connectivity index (χ1n) is 11.5. The molecule has 4 aromatic rings. The Balaban J connectivity index is 1.76. The average Bonchev–Trinajstić information content (AvgIpc) is 2.83. The Labute approximate surface area is 206 Å². The van der Waals surface area contributed by atoms with Crippen molar-refractivity contribution in [1.82, 2.24) is 0 Å². The minimum Gasteiger partial charge on any atom is -0.507 e. The molecule has 0 aliphatic carbocycles. The van der Waals surface area contributed by atoms with Crippen molar-refractivity contribution < 1.29 is 34.0 Å². The summed E-state index contributed by atoms with van der Waals surface area (Å²) in [5, 5.41) is 30.2. The monoisotopic (exact) mass is 488 g/mol. The second-order valence-electron chi connectivity index (χ2n) is 9.16. The highest BCUT2D eigenvalue weighted by Gasteiger charge is 2.35. The number of ether oxygens (including phenoxy) is 2. The molecular weight excluding hydrogens is 464 g/mol. The van der Waals surface area contributed by atoms with Crippen LogP contribution in [0.3, 0.4) is 0 Å². The molecule has 0 saturated carbocycles. The van der Waals surface area contributed by atoms with Crippen molar-refractivity contribution in [3.63, 3.8) is 0 Å². The van der Waals surface area contributed by atoms with Gasteiger partial charge in [-0.25, -0.2) is 0 Å². The molecule has 3 aromatic carbocycles. The third-order valence-corrected chi connectivity index (χ3v) is 6.05. The quantitative estimate of drug-likeness (QED) is 0.202. The van der Waals surface area contributed by atoms with E-state index in [0.29, 0.717) is 23.5 Å². The summed E-state index contributed by atoms with van der Waals surface area (Å²) in [6.45, 7) is 4.54. The number of hydrogen-bond donors (Lipinski definition) is 3. The van der Waals surface area contributed by atoms with Crippen molar-refractivity contribution in [1.29, 1.82) is 0 Å². The SMILES string of the molecule is CC(C)COc1ccccc1[C@H]1CC(=O)Oc2cc(O)c3c(=O)cc(-c4ccc(O)c(O)c4)oc3c21. The lowest BCUT2D eigenvalue weighted by Gasteiger charge is -2.27. The Morgan fingerprint density at radius 2 is 1.75 bits per heavy atom. The number of para-hydroxylation sites is 1. The molecule has 5 rings (SSSR count). The molecule has 8 heteroatoms. The minimum atomic E-state index is -0.570. The van der Waals surface area contributed by atoms with Crippen molar-refractivity contribution in [3.8, 4) is 40.1 Å². The Hall–Kier alpha value is -4.46. The molecule has 36 heavy (non-hydrogen) atoms. The van der Waals surface area contributed by atoms with Crippen molar-refractivity contribution >= 4 is 16.9 Å². The Morgan fingerprint density at radius 3 is 2.50 bits per heavy atom. The van der Waals surface area contributed by atoms with Crippen molar-refractivity contribution in [2.45, 2.75) is 26.2 Å². The lowest BCUT2D eigenvalue weighted by Crippen LogP contribution is -2.22. The summed E-state index contributed by atoms with van der Waals surface area (Å²) in [4.78, 5) is 25.7. The normalized spacial score (nSPS) is 15.1. The predicted molar refractivity (Wildman–Crippen MR) is 132 cm³/mol. The summed E-state index contributed by atoms with van der Waals surface area (Å²) < 4.78 is 17.6. The second-order valence-corrected chi connectivity index (χ2v) is 9.16. The van der Waals surface area contributed by atoms with Crippen LogP contribution in [0.1, 0.15) is 37.3 Å². The van der Waals surface area contributed by atoms with Crippen LogP contribution in [-0.2, 0) is 4.79 Å². The van der Waals surface area contributed by atoms with Gasteiger partial charge in [-0.05, 0) is 30.2 Å². The van der Waals surface area contributed by atoms with Crippen LogP contribution in [0.25, 0.3) is 22.3 Å². The van der Waals surface area contributed by atoms with Crippen LogP contribution >= 0.6 is 0 Å². The van der Waals surface area contributed by atoms with Crippen LogP contribution in [-0.4, -0.2) is 27.9 Å². The van der Waals surface area contributed by atoms with Crippen LogP contribution < -0.4 is 14.9 Å². The number of benzene rings is 3. The van der Waals surface area contributed by atoms with Gasteiger partial charge in [0, 0.05) is 34.7 Å². The molecule has 0 fully saturated rings. The molecule has 0 bridgehead atoms. The van der Waals surface area contributed by atoms with Crippen molar-refractivity contribution in [2.24, 2.45) is 5.92 Å². The van der Waals surface area contributed by atoms with E-state index in [1.165, 1.54) is 30.3 Å². The molecule has 1 aliphatic rings. The van der Waals surface area contributed by atoms with Crippen LogP contribution in [0, 0.1) is 5.92 Å². The lowest BCUT2D eigenvalue weighted by molar-refractivity contribution is -0.135. The van der Waals surface area contributed by atoms with E-state index in [1.807, 2.05) is 38.1 Å². The first-order chi connectivity index (χ1) is 17.2. The lowest BCUT2D eigenvalue weighted by atomic mass is 9.84. The number of fused-ring (bicyclic) bond motifs is 3. The van der Waals surface area contributed by atoms with Gasteiger partial charge in [-0.15, -0.1) is 0 Å². The first-order valence-corrected chi connectivity index (χ1v) is 11.5. The van der Waals surface area contributed by atoms with Crippen LogP contribution in [0.4, 0.5) is 0 Å². The largest absolute Gasteiger partial charge is 0.507 e. The number of carbonyl (C=O) groups is 1. The molecule has 0 saturated heterocycles. The third kappa shape index (κ3) is 4.11. The first kappa shape index (κ1) is 23.3. The highest BCUT2D eigenvalue weighted by atomic mass is 16.5. The number of hydrogen-bond acceptors (Lipinski definition) is 8. The van der Waals surface area contributed by atoms with Crippen LogP contribution in [0.2, 0.25) is 0 Å². The van der Waals surface area contributed by atoms with Gasteiger partial charge >= 0.3 is 5.97 Å². The van der Waals surface area contributed by atoms with Crippen molar-refractivity contribution in [2.75, 3.05) is 6.61 Å². The minimum absolute atomic E-state index is 0.0249. The predicted octanol–water partition coefficient (Wildman–Crippen LogP) is 5.05. The van der Waals surface area contributed by atoms with Gasteiger partial charge in [-0.2, -0.15) is 0 Å². The number of rotatable bonds is 5. The van der Waals surface area contributed by atoms with E-state index in [2.05, 4.69) is 0 Å². The molecule has 2 heterocycles. The zero-order chi connectivity index (χ0) is 25.6. The number of phenols is 3. The van der Waals surface area contributed by atoms with Gasteiger partial charge in [-0.1, -0.05) is 32.0 Å². The van der Waals surface area contributed by atoms with Crippen LogP contribution in [0.5, 0.6) is 28.7 Å². The van der Waals surface area contributed by atoms with Gasteiger partial charge in [0.25, 0.3) is 0 Å². The molecule has 3 N–H and O–H groups in total. The van der Waals surface area contributed by atoms with E-state index in [0.717, 1.165) is 5.56 Å². The Morgan fingerprint density at radius 1 is 0.972 bits per heavy atom. The Bertz CT molecular complexity index is 1550. The van der Waals surface area contributed by atoms with Crippen molar-refractivity contribution in [3.05, 3.63) is 75.9 Å². The van der Waals surface area contributed by atoms with Gasteiger partial charge in [0.1, 0.15) is 34.0 Å². The number of esters is 1. The van der Waals surface area contributed by atoms with E-state index in [4.69, 9.17) is 13.9 Å². The standard InChI is InChI=1S/C28H24O8/c1-14(2)13-34-22-6-4-3-5-16(22)17-10-25(33)35-24-12-21(32)27-20(31)11-23(36-28(27)26(17)24)15-7-8-18(29)19(30)9-15/h3-9,11-12,14,17,29-30,32H,10,13H2,1-2H3/t17-/m1/s1. The molecule has 8 nitrogen and oxygen atoms in total. The number of aromatic hydroxyl groups is 3.